The van der Waals surface area contributed by atoms with E-state index in [2.05, 4.69) is 30.9 Å². The van der Waals surface area contributed by atoms with Crippen molar-refractivity contribution < 1.29 is 18.6 Å². The molecule has 2 N–H and O–H groups in total. The molecule has 12 heteroatoms. The zero-order valence-corrected chi connectivity index (χ0v) is 17.6. The number of rotatable bonds is 6. The van der Waals surface area contributed by atoms with Crippen molar-refractivity contribution in [3.05, 3.63) is 70.8 Å². The number of nitrogens with zero attached hydrogens (tertiary/aromatic N) is 7. The smallest absolute Gasteiger partial charge is 0.263 e. The number of nitrogens with one attached hydrogen (secondary N) is 1. The van der Waals surface area contributed by atoms with Crippen molar-refractivity contribution in [2.45, 2.75) is 32.6 Å². The standard InChI is InChI=1S/C21H20F2N8O2/c1-12-17(31(29-25-12)14-4-2-13(3-5-14)20(22)23)11-33-19-7-6-18(26-27-19)30-10-15-16(28-30)8-9-24-21(15)32/h2-7,10,20-21,24,32H,8-9,11H2,1H3. The number of aryl methyl sites for hydroxylation is 1. The highest BCUT2D eigenvalue weighted by Gasteiger charge is 2.21. The van der Waals surface area contributed by atoms with Crippen LogP contribution < -0.4 is 10.1 Å². The Morgan fingerprint density at radius 2 is 1.97 bits per heavy atom. The Bertz CT molecular complexity index is 1250. The van der Waals surface area contributed by atoms with Crippen LogP contribution in [0.4, 0.5) is 8.78 Å². The highest BCUT2D eigenvalue weighted by atomic mass is 19.3. The molecule has 0 saturated carbocycles. The first kappa shape index (κ1) is 21.1. The lowest BCUT2D eigenvalue weighted by Crippen LogP contribution is -2.28. The number of ether oxygens (including phenoxy) is 1. The lowest BCUT2D eigenvalue weighted by molar-refractivity contribution is 0.132. The molecule has 0 radical (unpaired) electrons. The van der Waals surface area contributed by atoms with Crippen LogP contribution >= 0.6 is 0 Å². The molecule has 170 valence electrons. The van der Waals surface area contributed by atoms with Gasteiger partial charge in [0.15, 0.2) is 5.82 Å². The summed E-state index contributed by atoms with van der Waals surface area (Å²) >= 11 is 0. The van der Waals surface area contributed by atoms with Gasteiger partial charge < -0.3 is 9.84 Å². The molecule has 0 aliphatic carbocycles. The van der Waals surface area contributed by atoms with Crippen molar-refractivity contribution in [2.24, 2.45) is 0 Å². The summed E-state index contributed by atoms with van der Waals surface area (Å²) in [4.78, 5) is 0. The summed E-state index contributed by atoms with van der Waals surface area (Å²) in [5.41, 5.74) is 3.38. The zero-order valence-electron chi connectivity index (χ0n) is 17.6. The van der Waals surface area contributed by atoms with Crippen molar-refractivity contribution in [2.75, 3.05) is 6.54 Å². The van der Waals surface area contributed by atoms with Gasteiger partial charge in [0.25, 0.3) is 6.43 Å². The second-order valence-corrected chi connectivity index (χ2v) is 7.53. The fourth-order valence-corrected chi connectivity index (χ4v) is 3.57. The largest absolute Gasteiger partial charge is 0.470 e. The summed E-state index contributed by atoms with van der Waals surface area (Å²) < 4.78 is 34.5. The van der Waals surface area contributed by atoms with Crippen molar-refractivity contribution in [3.8, 4) is 17.4 Å². The van der Waals surface area contributed by atoms with E-state index < -0.39 is 12.7 Å². The summed E-state index contributed by atoms with van der Waals surface area (Å²) in [6, 6.07) is 9.21. The van der Waals surface area contributed by atoms with Crippen molar-refractivity contribution in [1.82, 2.24) is 40.3 Å². The Balaban J connectivity index is 1.30. The predicted molar refractivity (Wildman–Crippen MR) is 111 cm³/mol. The van der Waals surface area contributed by atoms with Gasteiger partial charge in [-0.05, 0) is 25.1 Å². The minimum absolute atomic E-state index is 0.0624. The third-order valence-corrected chi connectivity index (χ3v) is 5.38. The van der Waals surface area contributed by atoms with Crippen LogP contribution in [-0.2, 0) is 13.0 Å². The highest BCUT2D eigenvalue weighted by Crippen LogP contribution is 2.23. The molecule has 0 spiro atoms. The highest BCUT2D eigenvalue weighted by molar-refractivity contribution is 5.36. The van der Waals surface area contributed by atoms with E-state index in [-0.39, 0.29) is 18.1 Å². The number of fused-ring (bicyclic) bond motifs is 1. The van der Waals surface area contributed by atoms with Gasteiger partial charge in [-0.2, -0.15) is 5.10 Å². The Hall–Kier alpha value is -3.77. The van der Waals surface area contributed by atoms with E-state index in [4.69, 9.17) is 4.74 Å². The van der Waals surface area contributed by atoms with Gasteiger partial charge in [0, 0.05) is 36.4 Å². The molecular formula is C21H20F2N8O2. The normalized spacial score (nSPS) is 15.6. The van der Waals surface area contributed by atoms with E-state index in [1.807, 2.05) is 0 Å². The van der Waals surface area contributed by atoms with E-state index in [1.54, 1.807) is 46.7 Å². The van der Waals surface area contributed by atoms with Crippen LogP contribution in [0.15, 0.2) is 42.6 Å². The second kappa shape index (κ2) is 8.64. The lowest BCUT2D eigenvalue weighted by Gasteiger charge is -2.17. The van der Waals surface area contributed by atoms with E-state index in [0.29, 0.717) is 29.4 Å². The third kappa shape index (κ3) is 4.17. The molecule has 0 bridgehead atoms. The summed E-state index contributed by atoms with van der Waals surface area (Å²) in [5, 5.41) is 33.9. The van der Waals surface area contributed by atoms with E-state index >= 15 is 0 Å². The van der Waals surface area contributed by atoms with E-state index in [1.165, 1.54) is 12.1 Å². The molecule has 1 aliphatic heterocycles. The average molecular weight is 454 g/mol. The fraction of sp³-hybridized carbons (Fsp3) is 0.286. The molecule has 4 aromatic rings. The van der Waals surface area contributed by atoms with Crippen LogP contribution in [0.3, 0.4) is 0 Å². The topological polar surface area (TPSA) is 116 Å². The molecule has 4 heterocycles. The SMILES string of the molecule is Cc1nnn(-c2ccc(C(F)F)cc2)c1COc1ccc(-n2cc3c(n2)CCNC3O)nn1. The fourth-order valence-electron chi connectivity index (χ4n) is 3.57. The van der Waals surface area contributed by atoms with Crippen LogP contribution in [-0.4, -0.2) is 46.6 Å². The average Bonchev–Trinajstić information content (AvgIpc) is 3.43. The summed E-state index contributed by atoms with van der Waals surface area (Å²) in [7, 11) is 0. The lowest BCUT2D eigenvalue weighted by atomic mass is 10.1. The Labute approximate surface area is 186 Å². The van der Waals surface area contributed by atoms with Crippen LogP contribution in [0.2, 0.25) is 0 Å². The molecular weight excluding hydrogens is 434 g/mol. The first-order valence-electron chi connectivity index (χ1n) is 10.3. The maximum atomic E-state index is 12.8. The molecule has 3 aromatic heterocycles. The van der Waals surface area contributed by atoms with Crippen molar-refractivity contribution >= 4 is 0 Å². The van der Waals surface area contributed by atoms with E-state index in [0.717, 1.165) is 17.7 Å². The van der Waals surface area contributed by atoms with Gasteiger partial charge in [0.05, 0.1) is 17.1 Å². The molecule has 10 nitrogen and oxygen atoms in total. The van der Waals surface area contributed by atoms with Gasteiger partial charge in [0.1, 0.15) is 18.5 Å². The van der Waals surface area contributed by atoms with Crippen LogP contribution in [0.1, 0.15) is 40.9 Å². The van der Waals surface area contributed by atoms with Crippen LogP contribution in [0, 0.1) is 6.92 Å². The number of hydrogen-bond donors (Lipinski definition) is 2. The predicted octanol–water partition coefficient (Wildman–Crippen LogP) is 2.20. The quantitative estimate of drug-likeness (QED) is 0.456. The van der Waals surface area contributed by atoms with Crippen molar-refractivity contribution in [1.29, 1.82) is 0 Å². The first-order valence-corrected chi connectivity index (χ1v) is 10.3. The van der Waals surface area contributed by atoms with Gasteiger partial charge in [-0.1, -0.05) is 17.3 Å². The molecule has 0 saturated heterocycles. The third-order valence-electron chi connectivity index (χ3n) is 5.38. The van der Waals surface area contributed by atoms with E-state index in [9.17, 15) is 13.9 Å². The molecule has 1 unspecified atom stereocenters. The summed E-state index contributed by atoms with van der Waals surface area (Å²) in [5.74, 6) is 0.781. The number of aliphatic hydroxyl groups is 1. The van der Waals surface area contributed by atoms with Gasteiger partial charge in [0.2, 0.25) is 5.88 Å². The molecule has 1 aliphatic rings. The molecule has 1 aromatic carbocycles. The molecule has 5 rings (SSSR count). The molecule has 0 fully saturated rings. The zero-order chi connectivity index (χ0) is 22.9. The van der Waals surface area contributed by atoms with Crippen molar-refractivity contribution in [3.63, 3.8) is 0 Å². The van der Waals surface area contributed by atoms with Gasteiger partial charge in [-0.25, -0.2) is 18.1 Å². The summed E-state index contributed by atoms with van der Waals surface area (Å²) in [6.07, 6.45) is -0.829. The number of alkyl halides is 2. The maximum Gasteiger partial charge on any atom is 0.263 e. The second-order valence-electron chi connectivity index (χ2n) is 7.53. The minimum atomic E-state index is -2.53. The number of benzene rings is 1. The first-order chi connectivity index (χ1) is 16.0. The number of aliphatic hydroxyl groups excluding tert-OH is 1. The van der Waals surface area contributed by atoms with Gasteiger partial charge >= 0.3 is 0 Å². The number of halogens is 2. The molecule has 0 amide bonds. The molecule has 33 heavy (non-hydrogen) atoms. The van der Waals surface area contributed by atoms with Gasteiger partial charge in [-0.15, -0.1) is 15.3 Å². The van der Waals surface area contributed by atoms with Gasteiger partial charge in [-0.3, -0.25) is 5.32 Å². The maximum absolute atomic E-state index is 12.8. The Kier molecular flexibility index (Phi) is 5.52. The number of hydrogen-bond acceptors (Lipinski definition) is 8. The van der Waals surface area contributed by atoms with Crippen LogP contribution in [0.25, 0.3) is 11.5 Å². The Morgan fingerprint density at radius 1 is 1.15 bits per heavy atom. The summed E-state index contributed by atoms with van der Waals surface area (Å²) in [6.45, 7) is 2.55. The monoisotopic (exact) mass is 454 g/mol. The minimum Gasteiger partial charge on any atom is -0.470 e. The molecule has 1 atom stereocenters. The van der Waals surface area contributed by atoms with Crippen LogP contribution in [0.5, 0.6) is 5.88 Å². The Morgan fingerprint density at radius 3 is 2.67 bits per heavy atom. The number of aromatic nitrogens is 7.